The summed E-state index contributed by atoms with van der Waals surface area (Å²) in [5.41, 5.74) is 1.47. The van der Waals surface area contributed by atoms with Crippen LogP contribution in [0.2, 0.25) is 0 Å². The van der Waals surface area contributed by atoms with Crippen molar-refractivity contribution in [1.82, 2.24) is 10.2 Å². The Balaban J connectivity index is 1.98. The molecule has 0 fully saturated rings. The first-order valence-electron chi connectivity index (χ1n) is 6.14. The van der Waals surface area contributed by atoms with Crippen molar-refractivity contribution in [3.05, 3.63) is 35.9 Å². The summed E-state index contributed by atoms with van der Waals surface area (Å²) in [4.78, 5) is 6.61. The maximum absolute atomic E-state index is 4.44. The monoisotopic (exact) mass is 231 g/mol. The number of guanidine groups is 1. The van der Waals surface area contributed by atoms with Gasteiger partial charge in [0.25, 0.3) is 0 Å². The van der Waals surface area contributed by atoms with E-state index in [-0.39, 0.29) is 5.41 Å². The summed E-state index contributed by atoms with van der Waals surface area (Å²) < 4.78 is 0. The lowest BCUT2D eigenvalue weighted by atomic mass is 9.85. The molecular formula is C14H21N3. The summed E-state index contributed by atoms with van der Waals surface area (Å²) in [6, 6.07) is 10.6. The van der Waals surface area contributed by atoms with E-state index >= 15 is 0 Å². The van der Waals surface area contributed by atoms with Crippen molar-refractivity contribution >= 4 is 5.96 Å². The zero-order valence-corrected chi connectivity index (χ0v) is 10.9. The van der Waals surface area contributed by atoms with Gasteiger partial charge in [0.05, 0.1) is 6.54 Å². The molecule has 0 saturated heterocycles. The van der Waals surface area contributed by atoms with Crippen LogP contribution in [0.4, 0.5) is 0 Å². The van der Waals surface area contributed by atoms with Gasteiger partial charge in [-0.2, -0.15) is 0 Å². The van der Waals surface area contributed by atoms with Crippen LogP contribution >= 0.6 is 0 Å². The highest BCUT2D eigenvalue weighted by atomic mass is 15.3. The van der Waals surface area contributed by atoms with E-state index in [1.54, 1.807) is 0 Å². The van der Waals surface area contributed by atoms with E-state index in [0.29, 0.717) is 0 Å². The smallest absolute Gasteiger partial charge is 0.193 e. The second kappa shape index (κ2) is 4.78. The van der Waals surface area contributed by atoms with E-state index in [1.807, 2.05) is 0 Å². The Hall–Kier alpha value is -1.51. The molecule has 92 valence electrons. The number of hydrogen-bond acceptors (Lipinski definition) is 3. The average molecular weight is 231 g/mol. The minimum absolute atomic E-state index is 0.118. The molecule has 1 aliphatic heterocycles. The number of aliphatic imine (C=N–C) groups is 1. The molecule has 3 heteroatoms. The molecule has 0 atom stereocenters. The van der Waals surface area contributed by atoms with Crippen LogP contribution in [0.15, 0.2) is 35.3 Å². The van der Waals surface area contributed by atoms with Crippen LogP contribution < -0.4 is 5.32 Å². The zero-order valence-electron chi connectivity index (χ0n) is 10.9. The number of nitrogens with one attached hydrogen (secondary N) is 1. The Bertz CT molecular complexity index is 395. The van der Waals surface area contributed by atoms with Crippen molar-refractivity contribution in [3.8, 4) is 0 Å². The molecule has 3 nitrogen and oxygen atoms in total. The minimum Gasteiger partial charge on any atom is -0.355 e. The fourth-order valence-corrected chi connectivity index (χ4v) is 2.01. The molecule has 0 radical (unpaired) electrons. The zero-order chi connectivity index (χ0) is 12.3. The highest BCUT2D eigenvalue weighted by Crippen LogP contribution is 2.21. The third-order valence-electron chi connectivity index (χ3n) is 3.30. The summed E-state index contributed by atoms with van der Waals surface area (Å²) in [6.07, 6.45) is 0. The molecule has 1 heterocycles. The summed E-state index contributed by atoms with van der Waals surface area (Å²) in [7, 11) is 2.08. The number of likely N-dealkylation sites (N-methyl/N-ethyl adjacent to an activating group) is 1. The van der Waals surface area contributed by atoms with Gasteiger partial charge in [-0.3, -0.25) is 4.99 Å². The Morgan fingerprint density at radius 1 is 1.29 bits per heavy atom. The third kappa shape index (κ3) is 2.78. The minimum atomic E-state index is 0.118. The fraction of sp³-hybridized carbons (Fsp3) is 0.500. The van der Waals surface area contributed by atoms with Gasteiger partial charge in [0.2, 0.25) is 0 Å². The maximum Gasteiger partial charge on any atom is 0.193 e. The molecule has 2 rings (SSSR count). The summed E-state index contributed by atoms with van der Waals surface area (Å²) in [6.45, 7) is 7.34. The van der Waals surface area contributed by atoms with Crippen LogP contribution in [0.5, 0.6) is 0 Å². The standard InChI is InChI=1S/C14H21N3/c1-14(2,12-7-5-4-6-8-12)11-16-13-15-9-10-17(13)3/h4-8H,9-11H2,1-3H3,(H,15,16). The Morgan fingerprint density at radius 3 is 2.59 bits per heavy atom. The number of benzene rings is 1. The number of hydrogen-bond donors (Lipinski definition) is 1. The molecule has 0 unspecified atom stereocenters. The second-order valence-electron chi connectivity index (χ2n) is 5.23. The van der Waals surface area contributed by atoms with Crippen LogP contribution in [0.1, 0.15) is 19.4 Å². The van der Waals surface area contributed by atoms with E-state index in [1.165, 1.54) is 5.56 Å². The van der Waals surface area contributed by atoms with Crippen LogP contribution in [0, 0.1) is 0 Å². The highest BCUT2D eigenvalue weighted by molar-refractivity contribution is 5.81. The van der Waals surface area contributed by atoms with E-state index in [0.717, 1.165) is 25.6 Å². The summed E-state index contributed by atoms with van der Waals surface area (Å²) in [5, 5.41) is 3.45. The van der Waals surface area contributed by atoms with Crippen LogP contribution in [-0.2, 0) is 5.41 Å². The van der Waals surface area contributed by atoms with Gasteiger partial charge in [-0.05, 0) is 5.56 Å². The van der Waals surface area contributed by atoms with Gasteiger partial charge in [-0.25, -0.2) is 0 Å². The van der Waals surface area contributed by atoms with Crippen molar-refractivity contribution in [1.29, 1.82) is 0 Å². The molecule has 0 aliphatic carbocycles. The SMILES string of the molecule is CN1CCN=C1NCC(C)(C)c1ccccc1. The molecule has 17 heavy (non-hydrogen) atoms. The summed E-state index contributed by atoms with van der Waals surface area (Å²) >= 11 is 0. The summed E-state index contributed by atoms with van der Waals surface area (Å²) in [5.74, 6) is 1.02. The van der Waals surface area contributed by atoms with Crippen molar-refractivity contribution < 1.29 is 0 Å². The number of nitrogens with zero attached hydrogens (tertiary/aromatic N) is 2. The topological polar surface area (TPSA) is 27.6 Å². The van der Waals surface area contributed by atoms with Crippen LogP contribution in [0.25, 0.3) is 0 Å². The van der Waals surface area contributed by atoms with Gasteiger partial charge < -0.3 is 10.2 Å². The lowest BCUT2D eigenvalue weighted by molar-refractivity contribution is 0.481. The van der Waals surface area contributed by atoms with E-state index in [9.17, 15) is 0 Å². The first-order chi connectivity index (χ1) is 8.09. The van der Waals surface area contributed by atoms with Crippen molar-refractivity contribution in [2.24, 2.45) is 4.99 Å². The fourth-order valence-electron chi connectivity index (χ4n) is 2.01. The van der Waals surface area contributed by atoms with Gasteiger partial charge in [0, 0.05) is 25.6 Å². The van der Waals surface area contributed by atoms with Gasteiger partial charge in [0.1, 0.15) is 0 Å². The molecule has 1 aliphatic rings. The normalized spacial score (nSPS) is 15.9. The Labute approximate surface area is 104 Å². The van der Waals surface area contributed by atoms with Gasteiger partial charge >= 0.3 is 0 Å². The highest BCUT2D eigenvalue weighted by Gasteiger charge is 2.22. The first-order valence-corrected chi connectivity index (χ1v) is 6.14. The van der Waals surface area contributed by atoms with Gasteiger partial charge in [0.15, 0.2) is 5.96 Å². The lowest BCUT2D eigenvalue weighted by Crippen LogP contribution is -2.42. The van der Waals surface area contributed by atoms with Crippen molar-refractivity contribution in [2.45, 2.75) is 19.3 Å². The molecule has 0 saturated carbocycles. The van der Waals surface area contributed by atoms with Crippen LogP contribution in [0.3, 0.4) is 0 Å². The molecule has 0 bridgehead atoms. The Kier molecular flexibility index (Phi) is 3.36. The largest absolute Gasteiger partial charge is 0.355 e. The quantitative estimate of drug-likeness (QED) is 0.860. The molecule has 0 aromatic heterocycles. The van der Waals surface area contributed by atoms with E-state index in [2.05, 4.69) is 66.4 Å². The second-order valence-corrected chi connectivity index (χ2v) is 5.23. The molecule has 0 spiro atoms. The lowest BCUT2D eigenvalue weighted by Gasteiger charge is -2.27. The third-order valence-corrected chi connectivity index (χ3v) is 3.30. The van der Waals surface area contributed by atoms with Gasteiger partial charge in [-0.15, -0.1) is 0 Å². The molecular weight excluding hydrogens is 210 g/mol. The van der Waals surface area contributed by atoms with Gasteiger partial charge in [-0.1, -0.05) is 44.2 Å². The molecule has 0 amide bonds. The van der Waals surface area contributed by atoms with Crippen molar-refractivity contribution in [2.75, 3.05) is 26.7 Å². The van der Waals surface area contributed by atoms with E-state index < -0.39 is 0 Å². The first kappa shape index (κ1) is 12.0. The molecule has 1 N–H and O–H groups in total. The number of rotatable bonds is 3. The van der Waals surface area contributed by atoms with Crippen LogP contribution in [-0.4, -0.2) is 37.5 Å². The Morgan fingerprint density at radius 2 is 2.00 bits per heavy atom. The predicted octanol–water partition coefficient (Wildman–Crippen LogP) is 1.86. The average Bonchev–Trinajstić information content (AvgIpc) is 2.74. The van der Waals surface area contributed by atoms with Crippen molar-refractivity contribution in [3.63, 3.8) is 0 Å². The predicted molar refractivity (Wildman–Crippen MR) is 72.4 cm³/mol. The van der Waals surface area contributed by atoms with E-state index in [4.69, 9.17) is 0 Å². The molecule has 1 aromatic rings. The maximum atomic E-state index is 4.44. The molecule has 1 aromatic carbocycles.